The van der Waals surface area contributed by atoms with Crippen molar-refractivity contribution < 1.29 is 12.3 Å². The summed E-state index contributed by atoms with van der Waals surface area (Å²) in [6, 6.07) is 54.0. The molecule has 0 amide bonds. The van der Waals surface area contributed by atoms with E-state index >= 15 is 0 Å². The van der Waals surface area contributed by atoms with E-state index in [-0.39, 0.29) is 28.4 Å². The minimum absolute atomic E-state index is 0.207. The molecule has 11 aromatic rings. The van der Waals surface area contributed by atoms with E-state index in [1.807, 2.05) is 60.7 Å². The molecule has 0 spiro atoms. The highest BCUT2D eigenvalue weighted by atomic mass is 28.3. The van der Waals surface area contributed by atoms with Gasteiger partial charge in [-0.3, -0.25) is 0 Å². The van der Waals surface area contributed by atoms with Gasteiger partial charge >= 0.3 is 0 Å². The Morgan fingerprint density at radius 3 is 1.67 bits per heavy atom. The van der Waals surface area contributed by atoms with E-state index in [1.165, 1.54) is 59.5 Å². The zero-order chi connectivity index (χ0) is 49.6. The zero-order valence-corrected chi connectivity index (χ0v) is 35.7. The van der Waals surface area contributed by atoms with Gasteiger partial charge in [-0.25, -0.2) is 0 Å². The van der Waals surface area contributed by atoms with Crippen LogP contribution in [-0.4, -0.2) is 17.2 Å². The summed E-state index contributed by atoms with van der Waals surface area (Å²) >= 11 is 0. The highest BCUT2D eigenvalue weighted by molar-refractivity contribution is 7.19. The van der Waals surface area contributed by atoms with Crippen molar-refractivity contribution in [1.29, 1.82) is 0 Å². The monoisotopic (exact) mass is 833 g/mol. The largest absolute Gasteiger partial charge is 0.309 e. The van der Waals surface area contributed by atoms with E-state index in [0.29, 0.717) is 5.92 Å². The summed E-state index contributed by atoms with van der Waals surface area (Å²) in [6.45, 7) is 0. The van der Waals surface area contributed by atoms with Gasteiger partial charge in [0.15, 0.2) is 8.07 Å². The Hall–Kier alpha value is -7.20. The highest BCUT2D eigenvalue weighted by Gasteiger charge is 2.41. The Morgan fingerprint density at radius 1 is 0.413 bits per heavy atom. The minimum Gasteiger partial charge on any atom is -0.309 e. The second-order valence-electron chi connectivity index (χ2n) is 16.7. The summed E-state index contributed by atoms with van der Waals surface area (Å²) in [5.41, 5.74) is 7.27. The molecule has 1 saturated carbocycles. The lowest BCUT2D eigenvalue weighted by Gasteiger charge is -2.34. The second-order valence-corrected chi connectivity index (χ2v) is 20.5. The Morgan fingerprint density at radius 2 is 0.968 bits per heavy atom. The van der Waals surface area contributed by atoms with Gasteiger partial charge in [0.25, 0.3) is 0 Å². The molecule has 0 atom stereocenters. The molecule has 1 fully saturated rings. The molecule has 0 aliphatic heterocycles. The van der Waals surface area contributed by atoms with Gasteiger partial charge in [-0.1, -0.05) is 207 Å². The van der Waals surface area contributed by atoms with Crippen molar-refractivity contribution in [3.05, 3.63) is 230 Å². The van der Waals surface area contributed by atoms with Crippen LogP contribution in [0.3, 0.4) is 0 Å². The van der Waals surface area contributed by atoms with Gasteiger partial charge in [0.1, 0.15) is 0 Å². The van der Waals surface area contributed by atoms with E-state index in [4.69, 9.17) is 6.85 Å². The first-order valence-corrected chi connectivity index (χ1v) is 24.0. The van der Waals surface area contributed by atoms with E-state index in [0.717, 1.165) is 48.7 Å². The molecular weight excluding hydrogens is 777 g/mol. The molecule has 1 aliphatic rings. The van der Waals surface area contributed by atoms with Crippen molar-refractivity contribution in [2.24, 2.45) is 0 Å². The van der Waals surface area contributed by atoms with Crippen molar-refractivity contribution in [3.8, 4) is 22.5 Å². The lowest BCUT2D eigenvalue weighted by atomic mass is 9.83. The smallest absolute Gasteiger partial charge is 0.179 e. The maximum absolute atomic E-state index is 9.89. The molecule has 2 heterocycles. The summed E-state index contributed by atoms with van der Waals surface area (Å²) in [4.78, 5) is 0. The summed E-state index contributed by atoms with van der Waals surface area (Å²) in [5, 5.41) is 7.45. The maximum Gasteiger partial charge on any atom is 0.179 e. The predicted octanol–water partition coefficient (Wildman–Crippen LogP) is 13.0. The Labute approximate surface area is 383 Å². The van der Waals surface area contributed by atoms with Crippen LogP contribution in [0.4, 0.5) is 0 Å². The number of hydrogen-bond donors (Lipinski definition) is 0. The standard InChI is InChI=1S/C60H48N2Si/c1-5-19-43(20-6-1)44-35-39-49(40-36-44)63(47-23-9-3-10-24-47,48-25-11-4-12-26-48)50-41-37-46(38-42-50)61-56-32-16-14-28-54(56)59-57(61)33-18-34-58(59)62-55-31-15-13-27-52(55)53-30-17-29-51(60(53)62)45-21-7-2-8-22-45/h1,3-6,9-20,23-42,45H,2,7-8,21-22H2/i1D,5D,6D,19D,20D,35D,36D,39D,40D. The Balaban J connectivity index is 1.10. The first-order valence-electron chi connectivity index (χ1n) is 26.5. The highest BCUT2D eigenvalue weighted by Crippen LogP contribution is 2.44. The van der Waals surface area contributed by atoms with Crippen LogP contribution in [0.15, 0.2) is 224 Å². The normalized spacial score (nSPS) is 15.7. The molecule has 0 N–H and O–H groups in total. The van der Waals surface area contributed by atoms with E-state index in [2.05, 4.69) is 118 Å². The molecule has 63 heavy (non-hydrogen) atoms. The van der Waals surface area contributed by atoms with Crippen molar-refractivity contribution in [1.82, 2.24) is 9.13 Å². The van der Waals surface area contributed by atoms with Crippen molar-refractivity contribution in [2.75, 3.05) is 0 Å². The van der Waals surface area contributed by atoms with E-state index in [1.54, 1.807) is 0 Å². The minimum atomic E-state index is -3.79. The first-order chi connectivity index (χ1) is 35.0. The molecule has 0 bridgehead atoms. The number of fused-ring (bicyclic) bond motifs is 6. The van der Waals surface area contributed by atoms with Crippen LogP contribution in [0.5, 0.6) is 0 Å². The number of benzene rings is 9. The van der Waals surface area contributed by atoms with Gasteiger partial charge < -0.3 is 9.13 Å². The molecule has 2 aromatic heterocycles. The molecule has 0 unspecified atom stereocenters. The topological polar surface area (TPSA) is 9.86 Å². The third-order valence-corrected chi connectivity index (χ3v) is 18.0. The van der Waals surface area contributed by atoms with Crippen LogP contribution in [0.2, 0.25) is 0 Å². The predicted molar refractivity (Wildman–Crippen MR) is 270 cm³/mol. The van der Waals surface area contributed by atoms with E-state index < -0.39 is 50.4 Å². The third kappa shape index (κ3) is 6.06. The lowest BCUT2D eigenvalue weighted by molar-refractivity contribution is 0.445. The lowest BCUT2D eigenvalue weighted by Crippen LogP contribution is -2.74. The molecular formula is C60H48N2Si. The quantitative estimate of drug-likeness (QED) is 0.107. The second kappa shape index (κ2) is 15.6. The van der Waals surface area contributed by atoms with Gasteiger partial charge in [-0.2, -0.15) is 0 Å². The van der Waals surface area contributed by atoms with Gasteiger partial charge in [0.05, 0.1) is 40.1 Å². The molecule has 1 aliphatic carbocycles. The maximum atomic E-state index is 9.89. The van der Waals surface area contributed by atoms with Crippen LogP contribution in [-0.2, 0) is 0 Å². The molecule has 12 rings (SSSR count). The summed E-state index contributed by atoms with van der Waals surface area (Å²) in [5.74, 6) is 0.491. The zero-order valence-electron chi connectivity index (χ0n) is 43.7. The summed E-state index contributed by atoms with van der Waals surface area (Å²) in [6.07, 6.45) is 6.15. The van der Waals surface area contributed by atoms with Crippen molar-refractivity contribution in [2.45, 2.75) is 38.0 Å². The Bertz CT molecular complexity index is 3860. The number of para-hydroxylation sites is 3. The molecule has 3 heteroatoms. The number of rotatable bonds is 8. The molecule has 2 nitrogen and oxygen atoms in total. The van der Waals surface area contributed by atoms with Crippen molar-refractivity contribution >= 4 is 72.4 Å². The molecule has 0 radical (unpaired) electrons. The van der Waals surface area contributed by atoms with Crippen LogP contribution < -0.4 is 20.7 Å². The Kier molecular flexibility index (Phi) is 7.23. The number of hydrogen-bond acceptors (Lipinski definition) is 0. The van der Waals surface area contributed by atoms with Gasteiger partial charge in [-0.15, -0.1) is 0 Å². The van der Waals surface area contributed by atoms with Crippen LogP contribution in [0.1, 0.15) is 55.9 Å². The molecule has 0 saturated heterocycles. The van der Waals surface area contributed by atoms with Crippen LogP contribution in [0, 0.1) is 0 Å². The molecule has 9 aromatic carbocycles. The fourth-order valence-corrected chi connectivity index (χ4v) is 15.1. The summed E-state index contributed by atoms with van der Waals surface area (Å²) in [7, 11) is -3.79. The number of aromatic nitrogens is 2. The molecule has 302 valence electrons. The third-order valence-electron chi connectivity index (χ3n) is 13.4. The van der Waals surface area contributed by atoms with Gasteiger partial charge in [-0.05, 0) is 92.6 Å². The average molecular weight is 834 g/mol. The summed E-state index contributed by atoms with van der Waals surface area (Å²) < 4.78 is 86.3. The average Bonchev–Trinajstić information content (AvgIpc) is 3.95. The SMILES string of the molecule is [2H]c1c([2H])c([2H])c(-c2c([2H])c([2H])c([Si](c3ccccc3)(c3ccccc3)c3ccc(-n4c5ccccc5c5c(-n6c7ccccc7c7cccc(C8CCCCC8)c76)cccc54)cc3)c([2H])c2[2H])c([2H])c1[2H]. The van der Waals surface area contributed by atoms with Gasteiger partial charge in [0.2, 0.25) is 0 Å². The fraction of sp³-hybridized carbons (Fsp3) is 0.100. The van der Waals surface area contributed by atoms with Crippen LogP contribution >= 0.6 is 0 Å². The fourth-order valence-electron chi connectivity index (χ4n) is 10.7. The van der Waals surface area contributed by atoms with Gasteiger partial charge in [0, 0.05) is 27.2 Å². The van der Waals surface area contributed by atoms with Crippen molar-refractivity contribution in [3.63, 3.8) is 0 Å². The van der Waals surface area contributed by atoms with E-state index in [9.17, 15) is 5.48 Å². The first kappa shape index (κ1) is 29.2. The number of nitrogens with zero attached hydrogens (tertiary/aromatic N) is 2. The van der Waals surface area contributed by atoms with Crippen LogP contribution in [0.25, 0.3) is 66.1 Å².